The number of hydrogen-bond acceptors (Lipinski definition) is 2. The van der Waals surface area contributed by atoms with Gasteiger partial charge in [0.2, 0.25) is 0 Å². The lowest BCUT2D eigenvalue weighted by atomic mass is 9.89. The van der Waals surface area contributed by atoms with E-state index >= 15 is 0 Å². The number of halogens is 1. The molecular weight excluding hydrogens is 446 g/mol. The number of carboxylic acid groups (broad SMARTS) is 1. The van der Waals surface area contributed by atoms with Crippen molar-refractivity contribution in [2.75, 3.05) is 6.54 Å². The van der Waals surface area contributed by atoms with E-state index in [1.54, 1.807) is 12.1 Å². The molecule has 0 radical (unpaired) electrons. The number of aryl methyl sites for hydroxylation is 1. The summed E-state index contributed by atoms with van der Waals surface area (Å²) < 4.78 is 0. The van der Waals surface area contributed by atoms with E-state index in [0.29, 0.717) is 12.5 Å². The highest BCUT2D eigenvalue weighted by Crippen LogP contribution is 2.34. The average Bonchev–Trinajstić information content (AvgIpc) is 3.14. The van der Waals surface area contributed by atoms with Gasteiger partial charge in [-0.1, -0.05) is 55.1 Å². The molecule has 0 spiro atoms. The number of carbonyl (C=O) groups is 2. The van der Waals surface area contributed by atoms with Gasteiger partial charge in [-0.2, -0.15) is 0 Å². The molecule has 3 aromatic rings. The SMILES string of the molecule is Cc1cc(-c2ccc3c(c2)CN(CC2CCCCC2)C3=O)cc(-c2ccc(Cl)c(C(=O)O)c2)c1. The number of hydrogen-bond donors (Lipinski definition) is 1. The van der Waals surface area contributed by atoms with Crippen molar-refractivity contribution in [1.29, 1.82) is 0 Å². The van der Waals surface area contributed by atoms with Crippen molar-refractivity contribution >= 4 is 23.5 Å². The predicted octanol–water partition coefficient (Wildman–Crippen LogP) is 7.22. The summed E-state index contributed by atoms with van der Waals surface area (Å²) in [5.41, 5.74) is 6.92. The van der Waals surface area contributed by atoms with Gasteiger partial charge in [0.15, 0.2) is 0 Å². The number of carbonyl (C=O) groups excluding carboxylic acids is 1. The van der Waals surface area contributed by atoms with Crippen LogP contribution in [0.2, 0.25) is 5.02 Å². The van der Waals surface area contributed by atoms with Crippen LogP contribution < -0.4 is 0 Å². The van der Waals surface area contributed by atoms with Crippen molar-refractivity contribution in [1.82, 2.24) is 4.90 Å². The van der Waals surface area contributed by atoms with Gasteiger partial charge < -0.3 is 10.0 Å². The Labute approximate surface area is 205 Å². The fourth-order valence-corrected chi connectivity index (χ4v) is 5.57. The van der Waals surface area contributed by atoms with Crippen LogP contribution in [0.3, 0.4) is 0 Å². The van der Waals surface area contributed by atoms with Crippen molar-refractivity contribution in [3.63, 3.8) is 0 Å². The summed E-state index contributed by atoms with van der Waals surface area (Å²) in [5.74, 6) is -0.263. The van der Waals surface area contributed by atoms with Crippen LogP contribution in [0.25, 0.3) is 22.3 Å². The fourth-order valence-electron chi connectivity index (χ4n) is 5.37. The lowest BCUT2D eigenvalue weighted by Gasteiger charge is -2.26. The van der Waals surface area contributed by atoms with Crippen LogP contribution in [0.1, 0.15) is 63.9 Å². The van der Waals surface area contributed by atoms with Gasteiger partial charge >= 0.3 is 5.97 Å². The van der Waals surface area contributed by atoms with E-state index in [9.17, 15) is 14.7 Å². The van der Waals surface area contributed by atoms with Gasteiger partial charge in [0.1, 0.15) is 0 Å². The molecule has 1 saturated carbocycles. The van der Waals surface area contributed by atoms with E-state index in [2.05, 4.69) is 18.2 Å². The zero-order valence-corrected chi connectivity index (χ0v) is 20.1. The molecule has 1 aliphatic carbocycles. The minimum Gasteiger partial charge on any atom is -0.478 e. The molecule has 174 valence electrons. The second-order valence-electron chi connectivity index (χ2n) is 9.65. The molecule has 1 heterocycles. The van der Waals surface area contributed by atoms with Crippen molar-refractivity contribution < 1.29 is 14.7 Å². The lowest BCUT2D eigenvalue weighted by molar-refractivity contribution is 0.0695. The molecule has 0 atom stereocenters. The summed E-state index contributed by atoms with van der Waals surface area (Å²) in [5, 5.41) is 9.67. The molecule has 1 fully saturated rings. The minimum absolute atomic E-state index is 0.0938. The van der Waals surface area contributed by atoms with Gasteiger partial charge in [-0.25, -0.2) is 4.79 Å². The van der Waals surface area contributed by atoms with Crippen LogP contribution in [0.4, 0.5) is 0 Å². The molecule has 2 aliphatic rings. The standard InChI is InChI=1S/C29H28ClNO3/c1-18-11-22(14-23(12-18)21-8-10-27(30)26(15-21)29(33)34)20-7-9-25-24(13-20)17-31(28(25)32)16-19-5-3-2-4-6-19/h7-15,19H,2-6,16-17H2,1H3,(H,33,34). The number of rotatable bonds is 5. The maximum atomic E-state index is 13.0. The van der Waals surface area contributed by atoms with Gasteiger partial charge in [0, 0.05) is 18.7 Å². The molecule has 0 aromatic heterocycles. The number of carboxylic acids is 1. The zero-order valence-electron chi connectivity index (χ0n) is 19.3. The molecule has 34 heavy (non-hydrogen) atoms. The molecule has 3 aromatic carbocycles. The summed E-state index contributed by atoms with van der Waals surface area (Å²) in [4.78, 5) is 26.5. The summed E-state index contributed by atoms with van der Waals surface area (Å²) in [6.07, 6.45) is 6.33. The van der Waals surface area contributed by atoms with Crippen LogP contribution in [0, 0.1) is 12.8 Å². The Kier molecular flexibility index (Phi) is 6.18. The zero-order chi connectivity index (χ0) is 23.8. The topological polar surface area (TPSA) is 57.6 Å². The van der Waals surface area contributed by atoms with Gasteiger partial charge in [-0.3, -0.25) is 4.79 Å². The highest BCUT2D eigenvalue weighted by molar-refractivity contribution is 6.33. The molecule has 1 N–H and O–H groups in total. The Morgan fingerprint density at radius 2 is 1.62 bits per heavy atom. The van der Waals surface area contributed by atoms with E-state index in [4.69, 9.17) is 11.6 Å². The smallest absolute Gasteiger partial charge is 0.337 e. The third-order valence-corrected chi connectivity index (χ3v) is 7.46. The molecule has 5 heteroatoms. The minimum atomic E-state index is -1.04. The van der Waals surface area contributed by atoms with Gasteiger partial charge in [0.25, 0.3) is 5.91 Å². The van der Waals surface area contributed by atoms with E-state index in [1.807, 2.05) is 36.1 Å². The Morgan fingerprint density at radius 1 is 0.941 bits per heavy atom. The third kappa shape index (κ3) is 4.47. The summed E-state index contributed by atoms with van der Waals surface area (Å²) in [6.45, 7) is 3.57. The number of nitrogens with zero attached hydrogens (tertiary/aromatic N) is 1. The van der Waals surface area contributed by atoms with E-state index < -0.39 is 5.97 Å². The number of fused-ring (bicyclic) bond motifs is 1. The van der Waals surface area contributed by atoms with E-state index in [0.717, 1.165) is 45.5 Å². The first-order valence-electron chi connectivity index (χ1n) is 12.0. The highest BCUT2D eigenvalue weighted by Gasteiger charge is 2.29. The second-order valence-corrected chi connectivity index (χ2v) is 10.1. The lowest BCUT2D eigenvalue weighted by Crippen LogP contribution is -2.30. The van der Waals surface area contributed by atoms with Gasteiger partial charge in [-0.05, 0) is 89.4 Å². The average molecular weight is 474 g/mol. The predicted molar refractivity (Wildman–Crippen MR) is 135 cm³/mol. The van der Waals surface area contributed by atoms with Crippen LogP contribution in [-0.4, -0.2) is 28.4 Å². The first-order chi connectivity index (χ1) is 16.4. The van der Waals surface area contributed by atoms with E-state index in [1.165, 1.54) is 32.1 Å². The molecule has 0 unspecified atom stereocenters. The number of benzene rings is 3. The molecule has 1 aliphatic heterocycles. The maximum Gasteiger partial charge on any atom is 0.337 e. The van der Waals surface area contributed by atoms with Crippen molar-refractivity contribution in [3.8, 4) is 22.3 Å². The Morgan fingerprint density at radius 3 is 2.32 bits per heavy atom. The van der Waals surface area contributed by atoms with Crippen molar-refractivity contribution in [2.45, 2.75) is 45.6 Å². The van der Waals surface area contributed by atoms with Crippen molar-refractivity contribution in [2.24, 2.45) is 5.92 Å². The number of amides is 1. The Hall–Kier alpha value is -3.11. The summed E-state index contributed by atoms with van der Waals surface area (Å²) in [7, 11) is 0. The number of aromatic carboxylic acids is 1. The van der Waals surface area contributed by atoms with Crippen LogP contribution >= 0.6 is 11.6 Å². The molecule has 0 saturated heterocycles. The quantitative estimate of drug-likeness (QED) is 0.425. The normalized spacial score (nSPS) is 16.1. The Balaban J connectivity index is 1.43. The van der Waals surface area contributed by atoms with Crippen LogP contribution in [0.15, 0.2) is 54.6 Å². The maximum absolute atomic E-state index is 13.0. The molecular formula is C29H28ClNO3. The monoisotopic (exact) mass is 473 g/mol. The molecule has 5 rings (SSSR count). The van der Waals surface area contributed by atoms with Crippen molar-refractivity contribution in [3.05, 3.63) is 81.9 Å². The summed E-state index contributed by atoms with van der Waals surface area (Å²) in [6, 6.07) is 17.4. The molecule has 1 amide bonds. The Bertz CT molecular complexity index is 1280. The molecule has 0 bridgehead atoms. The van der Waals surface area contributed by atoms with E-state index in [-0.39, 0.29) is 16.5 Å². The fraction of sp³-hybridized carbons (Fsp3) is 0.310. The van der Waals surface area contributed by atoms with Crippen LogP contribution in [-0.2, 0) is 6.54 Å². The highest BCUT2D eigenvalue weighted by atomic mass is 35.5. The van der Waals surface area contributed by atoms with Gasteiger partial charge in [-0.15, -0.1) is 0 Å². The second kappa shape index (κ2) is 9.27. The largest absolute Gasteiger partial charge is 0.478 e. The van der Waals surface area contributed by atoms with Crippen LogP contribution in [0.5, 0.6) is 0 Å². The molecule has 4 nitrogen and oxygen atoms in total. The van der Waals surface area contributed by atoms with Gasteiger partial charge in [0.05, 0.1) is 10.6 Å². The first kappa shape index (κ1) is 22.7. The summed E-state index contributed by atoms with van der Waals surface area (Å²) >= 11 is 6.06. The third-order valence-electron chi connectivity index (χ3n) is 7.13. The first-order valence-corrected chi connectivity index (χ1v) is 12.3.